The van der Waals surface area contributed by atoms with Crippen molar-refractivity contribution in [3.8, 4) is 18.2 Å². The van der Waals surface area contributed by atoms with Gasteiger partial charge in [-0.25, -0.2) is 0 Å². The van der Waals surface area contributed by atoms with Crippen LogP contribution in [-0.4, -0.2) is 12.0 Å². The molecule has 1 fully saturated rings. The molecule has 0 unspecified atom stereocenters. The summed E-state index contributed by atoms with van der Waals surface area (Å²) in [5, 5.41) is 37.7. The summed E-state index contributed by atoms with van der Waals surface area (Å²) in [5.41, 5.74) is -2.19. The summed E-state index contributed by atoms with van der Waals surface area (Å²) in [6.45, 7) is 4.14. The van der Waals surface area contributed by atoms with Crippen molar-refractivity contribution in [1.29, 1.82) is 21.2 Å². The number of fused-ring (bicyclic) bond motifs is 2. The van der Waals surface area contributed by atoms with Crippen molar-refractivity contribution in [2.45, 2.75) is 58.5 Å². The summed E-state index contributed by atoms with van der Waals surface area (Å²) >= 11 is 0. The number of hydrogen-bond acceptors (Lipinski definition) is 5. The van der Waals surface area contributed by atoms with Crippen molar-refractivity contribution in [2.75, 3.05) is 0 Å². The number of hydrogen-bond donors (Lipinski definition) is 1. The molecule has 0 aromatic carbocycles. The van der Waals surface area contributed by atoms with E-state index >= 15 is 0 Å². The molecule has 1 N–H and O–H groups in total. The van der Waals surface area contributed by atoms with Gasteiger partial charge in [0.05, 0.1) is 18.2 Å². The molecule has 1 aliphatic carbocycles. The molecular weight excluding hydrogens is 288 g/mol. The predicted octanol–water partition coefficient (Wildman–Crippen LogP) is 3.84. The minimum atomic E-state index is -1.62. The van der Waals surface area contributed by atoms with Gasteiger partial charge in [0.15, 0.2) is 11.5 Å². The van der Waals surface area contributed by atoms with Crippen LogP contribution in [0.1, 0.15) is 52.4 Å². The van der Waals surface area contributed by atoms with Crippen LogP contribution >= 0.6 is 0 Å². The maximum absolute atomic E-state index is 9.87. The van der Waals surface area contributed by atoms with Gasteiger partial charge in [0.1, 0.15) is 0 Å². The highest BCUT2D eigenvalue weighted by Gasteiger charge is 2.73. The van der Waals surface area contributed by atoms with Crippen molar-refractivity contribution >= 4 is 5.90 Å². The number of unbranched alkanes of at least 4 members (excludes halogenated alkanes) is 2. The molecule has 5 nitrogen and oxygen atoms in total. The van der Waals surface area contributed by atoms with Gasteiger partial charge >= 0.3 is 0 Å². The van der Waals surface area contributed by atoms with Gasteiger partial charge in [-0.2, -0.15) is 15.8 Å². The Balaban J connectivity index is 2.61. The molecular formula is C18H22N4O. The molecule has 120 valence electrons. The molecule has 5 heteroatoms. The Morgan fingerprint density at radius 1 is 1.13 bits per heavy atom. The number of rotatable bonds is 6. The molecule has 23 heavy (non-hydrogen) atoms. The summed E-state index contributed by atoms with van der Waals surface area (Å²) in [4.78, 5) is 0. The van der Waals surface area contributed by atoms with Gasteiger partial charge in [0.25, 0.3) is 0 Å². The Bertz CT molecular complexity index is 631. The molecule has 0 aromatic rings. The lowest BCUT2D eigenvalue weighted by Crippen LogP contribution is -2.51. The Morgan fingerprint density at radius 2 is 1.78 bits per heavy atom. The topological polar surface area (TPSA) is 104 Å². The first-order chi connectivity index (χ1) is 11.1. The highest BCUT2D eigenvalue weighted by Crippen LogP contribution is 2.60. The van der Waals surface area contributed by atoms with E-state index in [2.05, 4.69) is 32.1 Å². The van der Waals surface area contributed by atoms with E-state index in [4.69, 9.17) is 10.1 Å². The maximum Gasteiger partial charge on any atom is 0.211 e. The zero-order valence-corrected chi connectivity index (χ0v) is 13.7. The first kappa shape index (κ1) is 17.0. The Labute approximate surface area is 137 Å². The normalized spacial score (nSPS) is 30.6. The molecule has 2 bridgehead atoms. The Hall–Kier alpha value is -2.32. The molecule has 2 aliphatic rings. The van der Waals surface area contributed by atoms with Gasteiger partial charge in [-0.15, -0.1) is 0 Å². The monoisotopic (exact) mass is 310 g/mol. The number of ether oxygens (including phenoxy) is 1. The summed E-state index contributed by atoms with van der Waals surface area (Å²) in [5.74, 6) is -0.526. The summed E-state index contributed by atoms with van der Waals surface area (Å²) in [7, 11) is 0. The number of nitrogens with zero attached hydrogens (tertiary/aromatic N) is 3. The zero-order valence-electron chi connectivity index (χ0n) is 13.7. The van der Waals surface area contributed by atoms with E-state index in [1.54, 1.807) is 0 Å². The largest absolute Gasteiger partial charge is 0.469 e. The second-order valence-electron chi connectivity index (χ2n) is 6.37. The number of nitriles is 3. The van der Waals surface area contributed by atoms with Crippen LogP contribution in [0.2, 0.25) is 0 Å². The van der Waals surface area contributed by atoms with Crippen molar-refractivity contribution in [2.24, 2.45) is 16.7 Å². The molecule has 0 spiro atoms. The van der Waals surface area contributed by atoms with Gasteiger partial charge in [-0.3, -0.25) is 5.41 Å². The lowest BCUT2D eigenvalue weighted by Gasteiger charge is -2.39. The molecule has 1 aliphatic heterocycles. The summed E-state index contributed by atoms with van der Waals surface area (Å²) in [6.07, 6.45) is 6.44. The van der Waals surface area contributed by atoms with E-state index < -0.39 is 16.9 Å². The quantitative estimate of drug-likeness (QED) is 0.752. The standard InChI is InChI=1S/C18H22N4O/c1-3-5-7-13-9-14(8-6-4-2)18(12-21)16(22)23-15(13)17(18,10-19)11-20/h9,14-15,22H,3-8H2,1-2H3/t14-,15+,18-/m1/s1. The fraction of sp³-hybridized carbons (Fsp3) is 0.667. The first-order valence-corrected chi connectivity index (χ1v) is 8.27. The van der Waals surface area contributed by atoms with E-state index in [9.17, 15) is 15.8 Å². The van der Waals surface area contributed by atoms with Crippen LogP contribution in [0.15, 0.2) is 11.6 Å². The van der Waals surface area contributed by atoms with E-state index in [1.165, 1.54) is 0 Å². The molecule has 0 aromatic heterocycles. The third-order valence-corrected chi connectivity index (χ3v) is 5.13. The highest BCUT2D eigenvalue weighted by atomic mass is 16.5. The Morgan fingerprint density at radius 3 is 2.30 bits per heavy atom. The molecule has 0 saturated carbocycles. The lowest BCUT2D eigenvalue weighted by molar-refractivity contribution is 0.143. The smallest absolute Gasteiger partial charge is 0.211 e. The molecule has 2 rings (SSSR count). The fourth-order valence-corrected chi connectivity index (χ4v) is 3.83. The van der Waals surface area contributed by atoms with Gasteiger partial charge in [0.2, 0.25) is 11.3 Å². The summed E-state index contributed by atoms with van der Waals surface area (Å²) < 4.78 is 5.64. The molecule has 0 amide bonds. The van der Waals surface area contributed by atoms with Crippen molar-refractivity contribution in [3.05, 3.63) is 11.6 Å². The first-order valence-electron chi connectivity index (χ1n) is 8.27. The van der Waals surface area contributed by atoms with Crippen LogP contribution in [0.25, 0.3) is 0 Å². The second-order valence-corrected chi connectivity index (χ2v) is 6.37. The van der Waals surface area contributed by atoms with Crippen LogP contribution in [0.3, 0.4) is 0 Å². The Kier molecular flexibility index (Phi) is 4.76. The summed E-state index contributed by atoms with van der Waals surface area (Å²) in [6, 6.07) is 6.30. The van der Waals surface area contributed by atoms with Crippen LogP contribution in [0.4, 0.5) is 0 Å². The van der Waals surface area contributed by atoms with Gasteiger partial charge < -0.3 is 4.74 Å². The lowest BCUT2D eigenvalue weighted by atomic mass is 9.53. The third-order valence-electron chi connectivity index (χ3n) is 5.13. The molecule has 1 saturated heterocycles. The average molecular weight is 310 g/mol. The van der Waals surface area contributed by atoms with Crippen molar-refractivity contribution in [3.63, 3.8) is 0 Å². The van der Waals surface area contributed by atoms with Crippen LogP contribution in [0.5, 0.6) is 0 Å². The van der Waals surface area contributed by atoms with Crippen LogP contribution in [-0.2, 0) is 4.74 Å². The minimum Gasteiger partial charge on any atom is -0.469 e. The van der Waals surface area contributed by atoms with Gasteiger partial charge in [-0.05, 0) is 24.8 Å². The van der Waals surface area contributed by atoms with E-state index in [1.807, 2.05) is 6.08 Å². The third kappa shape index (κ3) is 2.13. The van der Waals surface area contributed by atoms with E-state index in [0.717, 1.165) is 37.7 Å². The fourth-order valence-electron chi connectivity index (χ4n) is 3.83. The van der Waals surface area contributed by atoms with E-state index in [0.29, 0.717) is 6.42 Å². The predicted molar refractivity (Wildman–Crippen MR) is 84.9 cm³/mol. The highest BCUT2D eigenvalue weighted by molar-refractivity contribution is 5.90. The zero-order chi connectivity index (χ0) is 17.1. The van der Waals surface area contributed by atoms with Crippen LogP contribution in [0, 0.1) is 56.2 Å². The SMILES string of the molecule is CCCCC1=C[C@@H](CCCC)[C@]2(C#N)C(=N)O[C@@H]1C2(C#N)C#N. The second kappa shape index (κ2) is 6.43. The molecule has 3 atom stereocenters. The van der Waals surface area contributed by atoms with Gasteiger partial charge in [-0.1, -0.05) is 39.2 Å². The van der Waals surface area contributed by atoms with Crippen LogP contribution < -0.4 is 0 Å². The maximum atomic E-state index is 9.87. The van der Waals surface area contributed by atoms with E-state index in [-0.39, 0.29) is 11.8 Å². The number of nitrogens with one attached hydrogen (secondary N) is 1. The van der Waals surface area contributed by atoms with Gasteiger partial charge in [0, 0.05) is 5.92 Å². The average Bonchev–Trinajstić information content (AvgIpc) is 2.76. The van der Waals surface area contributed by atoms with Crippen molar-refractivity contribution < 1.29 is 4.74 Å². The molecule has 1 heterocycles. The molecule has 0 radical (unpaired) electrons. The number of allylic oxidation sites excluding steroid dienone is 1. The minimum absolute atomic E-state index is 0.211. The van der Waals surface area contributed by atoms with Crippen molar-refractivity contribution in [1.82, 2.24) is 0 Å².